The molecule has 0 saturated carbocycles. The summed E-state index contributed by atoms with van der Waals surface area (Å²) in [4.78, 5) is 10.6. The van der Waals surface area contributed by atoms with Crippen LogP contribution in [0.4, 0.5) is 8.78 Å². The lowest BCUT2D eigenvalue weighted by Gasteiger charge is -2.00. The lowest BCUT2D eigenvalue weighted by atomic mass is 10.1. The molecule has 0 N–H and O–H groups in total. The van der Waals surface area contributed by atoms with Crippen LogP contribution in [0.3, 0.4) is 0 Å². The first-order valence-electron chi connectivity index (χ1n) is 3.20. The van der Waals surface area contributed by atoms with Gasteiger partial charge in [0, 0.05) is 5.57 Å². The molecule has 0 aromatic heterocycles. The van der Waals surface area contributed by atoms with Crippen molar-refractivity contribution < 1.29 is 13.6 Å². The molecule has 4 heteroatoms. The highest BCUT2D eigenvalue weighted by Gasteiger charge is 2.23. The van der Waals surface area contributed by atoms with Crippen LogP contribution < -0.4 is 0 Å². The Morgan fingerprint density at radius 1 is 1.67 bits per heavy atom. The molecule has 0 bridgehead atoms. The van der Waals surface area contributed by atoms with Crippen molar-refractivity contribution in [1.82, 2.24) is 0 Å². The molecule has 0 aromatic carbocycles. The highest BCUT2D eigenvalue weighted by Crippen LogP contribution is 2.26. The third-order valence-corrected chi connectivity index (χ3v) is 1.60. The molecule has 1 nitrogen and oxygen atoms in total. The number of carbonyl (C=O) groups excluding carboxylic acids is 1. The highest BCUT2D eigenvalue weighted by molar-refractivity contribution is 6.68. The van der Waals surface area contributed by atoms with E-state index in [2.05, 4.69) is 5.73 Å². The number of hydrogen-bond acceptors (Lipinski definition) is 1. The van der Waals surface area contributed by atoms with E-state index in [-0.39, 0.29) is 11.1 Å². The van der Waals surface area contributed by atoms with Crippen LogP contribution in [0.15, 0.2) is 28.5 Å². The van der Waals surface area contributed by atoms with Crippen molar-refractivity contribution in [2.75, 3.05) is 0 Å². The van der Waals surface area contributed by atoms with Gasteiger partial charge in [-0.05, 0) is 30.2 Å². The first-order valence-corrected chi connectivity index (χ1v) is 3.57. The topological polar surface area (TPSA) is 17.1 Å². The largest absolute Gasteiger partial charge is 0.275 e. The van der Waals surface area contributed by atoms with Crippen LogP contribution in [0, 0.1) is 0 Å². The van der Waals surface area contributed by atoms with Crippen molar-refractivity contribution in [3.8, 4) is 0 Å². The Kier molecular flexibility index (Phi) is 2.46. The Labute approximate surface area is 73.0 Å². The molecule has 1 rings (SSSR count). The van der Waals surface area contributed by atoms with Gasteiger partial charge in [0.15, 0.2) is 0 Å². The van der Waals surface area contributed by atoms with E-state index >= 15 is 0 Å². The summed E-state index contributed by atoms with van der Waals surface area (Å²) in [6.45, 7) is 1.58. The molecule has 0 spiro atoms. The zero-order chi connectivity index (χ0) is 9.30. The van der Waals surface area contributed by atoms with Crippen LogP contribution in [0.1, 0.15) is 6.92 Å². The van der Waals surface area contributed by atoms with Crippen molar-refractivity contribution in [1.29, 1.82) is 0 Å². The maximum Gasteiger partial charge on any atom is 0.265 e. The molecule has 64 valence electrons. The third kappa shape index (κ3) is 1.63. The van der Waals surface area contributed by atoms with Gasteiger partial charge in [-0.15, -0.1) is 5.73 Å². The van der Waals surface area contributed by atoms with Crippen LogP contribution in [0.5, 0.6) is 0 Å². The molecule has 1 aliphatic carbocycles. The van der Waals surface area contributed by atoms with Gasteiger partial charge in [0.1, 0.15) is 0 Å². The quantitative estimate of drug-likeness (QED) is 0.483. The molecule has 1 aliphatic rings. The zero-order valence-corrected chi connectivity index (χ0v) is 6.95. The van der Waals surface area contributed by atoms with Crippen molar-refractivity contribution >= 4 is 16.8 Å². The molecule has 0 radical (unpaired) electrons. The number of rotatable bonds is 2. The fourth-order valence-electron chi connectivity index (χ4n) is 0.946. The van der Waals surface area contributed by atoms with Gasteiger partial charge in [-0.1, -0.05) is 0 Å². The third-order valence-electron chi connectivity index (χ3n) is 1.41. The van der Waals surface area contributed by atoms with Crippen LogP contribution in [-0.2, 0) is 4.79 Å². The summed E-state index contributed by atoms with van der Waals surface area (Å²) >= 11 is 5.06. The summed E-state index contributed by atoms with van der Waals surface area (Å²) in [5.74, 6) is 0. The minimum atomic E-state index is -2.67. The lowest BCUT2D eigenvalue weighted by molar-refractivity contribution is -0.108. The van der Waals surface area contributed by atoms with Crippen LogP contribution in [0.2, 0.25) is 0 Å². The van der Waals surface area contributed by atoms with Crippen LogP contribution >= 0.6 is 11.6 Å². The molecule has 12 heavy (non-hydrogen) atoms. The Hall–Kier alpha value is -0.920. The zero-order valence-electron chi connectivity index (χ0n) is 6.20. The SMILES string of the molecule is CC1=C=C(C(=O)Cl)C(C(F)F)=C1. The normalized spacial score (nSPS) is 15.9. The number of allylic oxidation sites excluding steroid dienone is 3. The average molecular weight is 191 g/mol. The number of hydrogen-bond donors (Lipinski definition) is 0. The van der Waals surface area contributed by atoms with Crippen LogP contribution in [-0.4, -0.2) is 11.7 Å². The summed E-state index contributed by atoms with van der Waals surface area (Å²) in [5, 5.41) is -0.890. The number of carbonyl (C=O) groups is 1. The van der Waals surface area contributed by atoms with Crippen molar-refractivity contribution in [2.45, 2.75) is 13.3 Å². The lowest BCUT2D eigenvalue weighted by Crippen LogP contribution is -2.03. The Morgan fingerprint density at radius 3 is 2.58 bits per heavy atom. The van der Waals surface area contributed by atoms with Crippen molar-refractivity contribution in [3.63, 3.8) is 0 Å². The predicted octanol–water partition coefficient (Wildman–Crippen LogP) is 2.43. The number of alkyl halides is 2. The molecule has 0 unspecified atom stereocenters. The molecule has 0 fully saturated rings. The van der Waals surface area contributed by atoms with E-state index in [0.717, 1.165) is 0 Å². The van der Waals surface area contributed by atoms with Gasteiger partial charge < -0.3 is 0 Å². The van der Waals surface area contributed by atoms with Crippen molar-refractivity contribution in [3.05, 3.63) is 28.5 Å². The van der Waals surface area contributed by atoms with Gasteiger partial charge in [0.25, 0.3) is 11.7 Å². The standard InChI is InChI=1S/C8H5ClF2O/c1-4-2-5(7(9)12)6(3-4)8(10)11/h3,8H,1H3. The fraction of sp³-hybridized carbons (Fsp3) is 0.250. The molecule has 0 aromatic rings. The Morgan fingerprint density at radius 2 is 2.25 bits per heavy atom. The van der Waals surface area contributed by atoms with Gasteiger partial charge in [0.05, 0.1) is 5.57 Å². The predicted molar refractivity (Wildman–Crippen MR) is 41.2 cm³/mol. The molecule has 0 amide bonds. The fourth-order valence-corrected chi connectivity index (χ4v) is 1.10. The first-order chi connectivity index (χ1) is 5.52. The maximum absolute atomic E-state index is 12.2. The average Bonchev–Trinajstić information content (AvgIpc) is 2.31. The molecule has 0 atom stereocenters. The number of halogens is 3. The maximum atomic E-state index is 12.2. The molecule has 0 aliphatic heterocycles. The van der Waals surface area contributed by atoms with Gasteiger partial charge in [-0.25, -0.2) is 8.78 Å². The van der Waals surface area contributed by atoms with Crippen LogP contribution in [0.25, 0.3) is 0 Å². The highest BCUT2D eigenvalue weighted by atomic mass is 35.5. The Balaban J connectivity index is 3.07. The summed E-state index contributed by atoms with van der Waals surface area (Å²) < 4.78 is 24.3. The van der Waals surface area contributed by atoms with E-state index in [9.17, 15) is 13.6 Å². The van der Waals surface area contributed by atoms with E-state index in [4.69, 9.17) is 11.6 Å². The van der Waals surface area contributed by atoms with E-state index < -0.39 is 11.7 Å². The second kappa shape index (κ2) is 3.21. The second-order valence-corrected chi connectivity index (χ2v) is 2.70. The summed E-state index contributed by atoms with van der Waals surface area (Å²) in [5.41, 5.74) is 2.40. The second-order valence-electron chi connectivity index (χ2n) is 2.36. The van der Waals surface area contributed by atoms with Gasteiger partial charge in [-0.2, -0.15) is 0 Å². The van der Waals surface area contributed by atoms with Gasteiger partial charge in [0.2, 0.25) is 0 Å². The van der Waals surface area contributed by atoms with E-state index in [0.29, 0.717) is 5.57 Å². The molecular formula is C8H5ClF2O. The minimum Gasteiger partial charge on any atom is -0.275 e. The monoisotopic (exact) mass is 190 g/mol. The Bertz CT molecular complexity index is 322. The summed E-state index contributed by atoms with van der Waals surface area (Å²) in [7, 11) is 0. The molecule has 0 saturated heterocycles. The summed E-state index contributed by atoms with van der Waals surface area (Å²) in [6, 6.07) is 0. The van der Waals surface area contributed by atoms with Gasteiger partial charge in [-0.3, -0.25) is 4.79 Å². The first kappa shape index (κ1) is 9.17. The van der Waals surface area contributed by atoms with Gasteiger partial charge >= 0.3 is 0 Å². The molecular weight excluding hydrogens is 186 g/mol. The molecule has 0 heterocycles. The van der Waals surface area contributed by atoms with Crippen molar-refractivity contribution in [2.24, 2.45) is 0 Å². The van der Waals surface area contributed by atoms with E-state index in [1.165, 1.54) is 6.08 Å². The van der Waals surface area contributed by atoms with E-state index in [1.54, 1.807) is 6.92 Å². The van der Waals surface area contributed by atoms with E-state index in [1.807, 2.05) is 0 Å². The minimum absolute atomic E-state index is 0.218. The smallest absolute Gasteiger partial charge is 0.265 e. The summed E-state index contributed by atoms with van der Waals surface area (Å²) in [6.07, 6.45) is -1.46.